The number of hydrogen-bond acceptors (Lipinski definition) is 4. The number of nitrogens with zero attached hydrogens (tertiary/aromatic N) is 2. The number of carbonyl (C=O) groups excluding carboxylic acids is 1. The Labute approximate surface area is 182 Å². The van der Waals surface area contributed by atoms with Crippen LogP contribution in [0.15, 0.2) is 77.2 Å². The molecule has 0 unspecified atom stereocenters. The summed E-state index contributed by atoms with van der Waals surface area (Å²) in [5.74, 6) is 0.898. The van der Waals surface area contributed by atoms with Crippen molar-refractivity contribution in [3.63, 3.8) is 0 Å². The number of benzene rings is 3. The third-order valence-corrected chi connectivity index (χ3v) is 5.13. The second-order valence-corrected chi connectivity index (χ2v) is 7.71. The first-order valence-corrected chi connectivity index (χ1v) is 10.4. The molecule has 0 radical (unpaired) electrons. The van der Waals surface area contributed by atoms with Gasteiger partial charge in [0.1, 0.15) is 0 Å². The lowest BCUT2D eigenvalue weighted by molar-refractivity contribution is -0.121. The highest BCUT2D eigenvalue weighted by atomic mass is 16.4. The molecule has 0 aliphatic heterocycles. The smallest absolute Gasteiger partial charge is 0.247 e. The normalized spacial score (nSPS) is 10.8. The van der Waals surface area contributed by atoms with Gasteiger partial charge in [0, 0.05) is 24.9 Å². The fraction of sp³-hybridized carbons (Fsp3) is 0.192. The average Bonchev–Trinajstić information content (AvgIpc) is 3.26. The molecule has 0 atom stereocenters. The SMILES string of the molecule is Cc1ccc(-c2nnc(CCC(=O)NCc3ccc(-c4cccc(C)c4)cc3)o2)cc1. The predicted molar refractivity (Wildman–Crippen MR) is 121 cm³/mol. The van der Waals surface area contributed by atoms with Gasteiger partial charge in [-0.15, -0.1) is 10.2 Å². The summed E-state index contributed by atoms with van der Waals surface area (Å²) in [6.07, 6.45) is 0.716. The highest BCUT2D eigenvalue weighted by molar-refractivity contribution is 5.76. The van der Waals surface area contributed by atoms with Gasteiger partial charge >= 0.3 is 0 Å². The molecule has 0 saturated carbocycles. The van der Waals surface area contributed by atoms with Crippen molar-refractivity contribution in [2.45, 2.75) is 33.2 Å². The summed E-state index contributed by atoms with van der Waals surface area (Å²) in [7, 11) is 0. The Morgan fingerprint density at radius 2 is 1.58 bits per heavy atom. The minimum atomic E-state index is -0.0437. The van der Waals surface area contributed by atoms with Crippen LogP contribution in [0.25, 0.3) is 22.6 Å². The molecule has 3 aromatic carbocycles. The van der Waals surface area contributed by atoms with Crippen LogP contribution in [0.5, 0.6) is 0 Å². The minimum Gasteiger partial charge on any atom is -0.421 e. The van der Waals surface area contributed by atoms with Gasteiger partial charge in [0.25, 0.3) is 0 Å². The summed E-state index contributed by atoms with van der Waals surface area (Å²) >= 11 is 0. The Morgan fingerprint density at radius 1 is 0.839 bits per heavy atom. The van der Waals surface area contributed by atoms with Gasteiger partial charge in [-0.3, -0.25) is 4.79 Å². The van der Waals surface area contributed by atoms with Crippen LogP contribution in [-0.4, -0.2) is 16.1 Å². The molecule has 156 valence electrons. The molecule has 0 aliphatic carbocycles. The molecule has 0 spiro atoms. The van der Waals surface area contributed by atoms with Crippen molar-refractivity contribution in [2.75, 3.05) is 0 Å². The van der Waals surface area contributed by atoms with Crippen molar-refractivity contribution in [3.8, 4) is 22.6 Å². The first-order valence-electron chi connectivity index (χ1n) is 10.4. The molecule has 0 aliphatic rings. The molecule has 1 N–H and O–H groups in total. The van der Waals surface area contributed by atoms with Crippen LogP contribution in [0.2, 0.25) is 0 Å². The second kappa shape index (κ2) is 9.39. The van der Waals surface area contributed by atoms with Gasteiger partial charge in [0.2, 0.25) is 17.7 Å². The van der Waals surface area contributed by atoms with Gasteiger partial charge in [-0.2, -0.15) is 0 Å². The van der Waals surface area contributed by atoms with E-state index < -0.39 is 0 Å². The van der Waals surface area contributed by atoms with E-state index in [0.29, 0.717) is 31.2 Å². The van der Waals surface area contributed by atoms with Crippen LogP contribution in [0, 0.1) is 13.8 Å². The lowest BCUT2D eigenvalue weighted by Crippen LogP contribution is -2.23. The fourth-order valence-electron chi connectivity index (χ4n) is 3.32. The summed E-state index contributed by atoms with van der Waals surface area (Å²) in [6, 6.07) is 24.6. The molecule has 31 heavy (non-hydrogen) atoms. The molecular weight excluding hydrogens is 386 g/mol. The van der Waals surface area contributed by atoms with E-state index in [4.69, 9.17) is 4.42 Å². The van der Waals surface area contributed by atoms with Crippen LogP contribution >= 0.6 is 0 Å². The first kappa shape index (κ1) is 20.5. The lowest BCUT2D eigenvalue weighted by Gasteiger charge is -2.07. The van der Waals surface area contributed by atoms with E-state index in [1.807, 2.05) is 43.3 Å². The molecule has 0 bridgehead atoms. The average molecular weight is 412 g/mol. The predicted octanol–water partition coefficient (Wildman–Crippen LogP) is 5.27. The third-order valence-electron chi connectivity index (χ3n) is 5.13. The monoisotopic (exact) mass is 411 g/mol. The summed E-state index contributed by atoms with van der Waals surface area (Å²) in [5, 5.41) is 11.1. The lowest BCUT2D eigenvalue weighted by atomic mass is 10.0. The summed E-state index contributed by atoms with van der Waals surface area (Å²) in [4.78, 5) is 12.2. The van der Waals surface area contributed by atoms with Crippen molar-refractivity contribution in [1.82, 2.24) is 15.5 Å². The maximum Gasteiger partial charge on any atom is 0.247 e. The molecule has 4 rings (SSSR count). The molecule has 5 heteroatoms. The zero-order valence-corrected chi connectivity index (χ0v) is 17.8. The maximum atomic E-state index is 12.2. The number of nitrogens with one attached hydrogen (secondary N) is 1. The summed E-state index contributed by atoms with van der Waals surface area (Å²) in [5.41, 5.74) is 6.71. The second-order valence-electron chi connectivity index (χ2n) is 7.71. The Hall–Kier alpha value is -3.73. The quantitative estimate of drug-likeness (QED) is 0.450. The van der Waals surface area contributed by atoms with Gasteiger partial charge in [0.05, 0.1) is 0 Å². The van der Waals surface area contributed by atoms with Crippen LogP contribution in [0.4, 0.5) is 0 Å². The zero-order valence-electron chi connectivity index (χ0n) is 17.8. The van der Waals surface area contributed by atoms with E-state index in [9.17, 15) is 4.79 Å². The first-order chi connectivity index (χ1) is 15.1. The van der Waals surface area contributed by atoms with E-state index in [1.165, 1.54) is 22.3 Å². The molecular formula is C26H25N3O2. The number of amides is 1. The highest BCUT2D eigenvalue weighted by Gasteiger charge is 2.10. The zero-order chi connectivity index (χ0) is 21.6. The van der Waals surface area contributed by atoms with Gasteiger partial charge < -0.3 is 9.73 Å². The standard InChI is InChI=1S/C26H25N3O2/c1-18-6-10-22(11-7-18)26-29-28-25(31-26)15-14-24(30)27-17-20-8-12-21(13-9-20)23-5-3-4-19(2)16-23/h3-13,16H,14-15,17H2,1-2H3,(H,27,30). The molecule has 0 saturated heterocycles. The van der Waals surface area contributed by atoms with Gasteiger partial charge in [-0.25, -0.2) is 0 Å². The Kier molecular flexibility index (Phi) is 6.22. The molecule has 1 amide bonds. The van der Waals surface area contributed by atoms with Crippen LogP contribution in [0.1, 0.15) is 29.0 Å². The number of hydrogen-bond donors (Lipinski definition) is 1. The molecule has 4 aromatic rings. The minimum absolute atomic E-state index is 0.0437. The largest absolute Gasteiger partial charge is 0.421 e. The van der Waals surface area contributed by atoms with Crippen molar-refractivity contribution in [1.29, 1.82) is 0 Å². The third kappa shape index (κ3) is 5.45. The summed E-state index contributed by atoms with van der Waals surface area (Å²) < 4.78 is 5.68. The number of rotatable bonds is 7. The van der Waals surface area contributed by atoms with Crippen molar-refractivity contribution in [2.24, 2.45) is 0 Å². The molecule has 5 nitrogen and oxygen atoms in total. The Balaban J connectivity index is 1.26. The highest BCUT2D eigenvalue weighted by Crippen LogP contribution is 2.21. The molecule has 1 aromatic heterocycles. The van der Waals surface area contributed by atoms with Crippen LogP contribution in [0.3, 0.4) is 0 Å². The maximum absolute atomic E-state index is 12.2. The topological polar surface area (TPSA) is 68.0 Å². The summed E-state index contributed by atoms with van der Waals surface area (Å²) in [6.45, 7) is 4.61. The van der Waals surface area contributed by atoms with Gasteiger partial charge in [-0.1, -0.05) is 71.8 Å². The Bertz CT molecular complexity index is 1160. The van der Waals surface area contributed by atoms with Crippen molar-refractivity contribution >= 4 is 5.91 Å². The van der Waals surface area contributed by atoms with Crippen LogP contribution < -0.4 is 5.32 Å². The van der Waals surface area contributed by atoms with Crippen molar-refractivity contribution < 1.29 is 9.21 Å². The van der Waals surface area contributed by atoms with E-state index in [1.54, 1.807) is 0 Å². The van der Waals surface area contributed by atoms with Crippen molar-refractivity contribution in [3.05, 3.63) is 95.4 Å². The number of aromatic nitrogens is 2. The Morgan fingerprint density at radius 3 is 2.32 bits per heavy atom. The van der Waals surface area contributed by atoms with Gasteiger partial charge in [0.15, 0.2) is 0 Å². The van der Waals surface area contributed by atoms with E-state index in [0.717, 1.165) is 11.1 Å². The molecule has 0 fully saturated rings. The van der Waals surface area contributed by atoms with E-state index in [-0.39, 0.29) is 5.91 Å². The van der Waals surface area contributed by atoms with E-state index in [2.05, 4.69) is 58.8 Å². The van der Waals surface area contributed by atoms with E-state index >= 15 is 0 Å². The van der Waals surface area contributed by atoms with Gasteiger partial charge in [-0.05, 0) is 42.7 Å². The number of carbonyl (C=O) groups is 1. The van der Waals surface area contributed by atoms with Crippen LogP contribution in [-0.2, 0) is 17.8 Å². The number of aryl methyl sites for hydroxylation is 3. The molecule has 1 heterocycles. The fourth-order valence-corrected chi connectivity index (χ4v) is 3.32.